The average molecular weight is 369 g/mol. The first-order valence-electron chi connectivity index (χ1n) is 10.5. The summed E-state index contributed by atoms with van der Waals surface area (Å²) < 4.78 is 0. The molecule has 2 saturated carbocycles. The minimum Gasteiger partial charge on any atom is -0.354 e. The van der Waals surface area contributed by atoms with E-state index in [1.54, 1.807) is 6.20 Å². The third-order valence-electron chi connectivity index (χ3n) is 6.69. The van der Waals surface area contributed by atoms with Crippen molar-refractivity contribution in [3.05, 3.63) is 30.0 Å². The molecule has 2 aliphatic carbocycles. The fraction of sp³-hybridized carbons (Fsp3) is 0.636. The van der Waals surface area contributed by atoms with E-state index in [1.165, 1.54) is 37.7 Å². The Bertz CT molecular complexity index is 696. The van der Waals surface area contributed by atoms with Crippen molar-refractivity contribution in [2.45, 2.75) is 46.0 Å². The molecule has 0 unspecified atom stereocenters. The highest BCUT2D eigenvalue weighted by atomic mass is 16.1. The van der Waals surface area contributed by atoms with Crippen molar-refractivity contribution in [2.75, 3.05) is 42.9 Å². The number of carbonyl (C=O) groups excluding carboxylic acids is 1. The van der Waals surface area contributed by atoms with Gasteiger partial charge in [-0.3, -0.25) is 4.79 Å². The fourth-order valence-corrected chi connectivity index (χ4v) is 4.24. The molecule has 3 fully saturated rings. The summed E-state index contributed by atoms with van der Waals surface area (Å²) in [4.78, 5) is 21.9. The van der Waals surface area contributed by atoms with Crippen LogP contribution in [0.5, 0.6) is 0 Å². The van der Waals surface area contributed by atoms with E-state index >= 15 is 0 Å². The number of allylic oxidation sites excluding steroid dienone is 1. The lowest BCUT2D eigenvalue weighted by Crippen LogP contribution is -2.46. The molecule has 0 aromatic carbocycles. The molecule has 1 aromatic rings. The molecule has 3 aliphatic rings. The maximum atomic E-state index is 12.6. The Balaban J connectivity index is 1.36. The van der Waals surface area contributed by atoms with E-state index in [4.69, 9.17) is 0 Å². The van der Waals surface area contributed by atoms with Crippen LogP contribution in [-0.4, -0.2) is 48.5 Å². The molecule has 1 amide bonds. The first-order chi connectivity index (χ1) is 13.1. The molecule has 2 heterocycles. The zero-order valence-electron chi connectivity index (χ0n) is 16.7. The van der Waals surface area contributed by atoms with Gasteiger partial charge in [0, 0.05) is 32.3 Å². The van der Waals surface area contributed by atoms with E-state index < -0.39 is 0 Å². The number of carbonyl (C=O) groups is 1. The van der Waals surface area contributed by atoms with Crippen LogP contribution in [0.1, 0.15) is 46.0 Å². The monoisotopic (exact) mass is 368 g/mol. The second-order valence-corrected chi connectivity index (χ2v) is 8.60. The number of pyridine rings is 1. The van der Waals surface area contributed by atoms with E-state index in [0.29, 0.717) is 5.92 Å². The number of piperazine rings is 1. The van der Waals surface area contributed by atoms with Crippen LogP contribution in [0.25, 0.3) is 0 Å². The SMILES string of the molecule is CCN1CCN(c2ccc(NC(=O)/C=C(/C3CCC3)C3(C)CC3)cn2)CC1. The zero-order valence-corrected chi connectivity index (χ0v) is 16.7. The zero-order chi connectivity index (χ0) is 18.9. The molecule has 0 atom stereocenters. The van der Waals surface area contributed by atoms with Crippen LogP contribution >= 0.6 is 0 Å². The number of anilines is 2. The number of amides is 1. The summed E-state index contributed by atoms with van der Waals surface area (Å²) in [5.74, 6) is 1.63. The number of nitrogens with zero attached hydrogens (tertiary/aromatic N) is 3. The number of hydrogen-bond acceptors (Lipinski definition) is 4. The van der Waals surface area contributed by atoms with Gasteiger partial charge in [-0.1, -0.05) is 25.8 Å². The van der Waals surface area contributed by atoms with Crippen LogP contribution in [-0.2, 0) is 4.79 Å². The van der Waals surface area contributed by atoms with Crippen LogP contribution in [0.2, 0.25) is 0 Å². The molecule has 27 heavy (non-hydrogen) atoms. The summed E-state index contributed by atoms with van der Waals surface area (Å²) in [5, 5.41) is 3.02. The van der Waals surface area contributed by atoms with Crippen molar-refractivity contribution in [1.82, 2.24) is 9.88 Å². The fourth-order valence-electron chi connectivity index (χ4n) is 4.24. The Morgan fingerprint density at radius 1 is 1.26 bits per heavy atom. The molecule has 1 saturated heterocycles. The van der Waals surface area contributed by atoms with E-state index in [2.05, 4.69) is 33.9 Å². The maximum absolute atomic E-state index is 12.6. The van der Waals surface area contributed by atoms with E-state index in [1.807, 2.05) is 18.2 Å². The number of likely N-dealkylation sites (N-methyl/N-ethyl adjacent to an activating group) is 1. The minimum absolute atomic E-state index is 0.00358. The van der Waals surface area contributed by atoms with Crippen LogP contribution in [0.15, 0.2) is 30.0 Å². The van der Waals surface area contributed by atoms with Crippen molar-refractivity contribution in [2.24, 2.45) is 11.3 Å². The van der Waals surface area contributed by atoms with Gasteiger partial charge < -0.3 is 15.1 Å². The lowest BCUT2D eigenvalue weighted by Gasteiger charge is -2.34. The number of aromatic nitrogens is 1. The Kier molecular flexibility index (Phi) is 5.22. The van der Waals surface area contributed by atoms with Gasteiger partial charge in [-0.25, -0.2) is 4.98 Å². The lowest BCUT2D eigenvalue weighted by molar-refractivity contribution is -0.112. The van der Waals surface area contributed by atoms with Gasteiger partial charge in [0.1, 0.15) is 5.82 Å². The standard InChI is InChI=1S/C22H32N4O/c1-3-25-11-13-26(14-12-25)20-8-7-18(16-23-20)24-21(27)15-19(17-5-4-6-17)22(2)9-10-22/h7-8,15-17H,3-6,9-14H2,1-2H3,(H,24,27)/b19-15-. The van der Waals surface area contributed by atoms with Gasteiger partial charge in [-0.2, -0.15) is 0 Å². The molecule has 146 valence electrons. The summed E-state index contributed by atoms with van der Waals surface area (Å²) in [7, 11) is 0. The molecule has 5 nitrogen and oxygen atoms in total. The molecule has 4 rings (SSSR count). The molecular weight excluding hydrogens is 336 g/mol. The van der Waals surface area contributed by atoms with Crippen molar-refractivity contribution in [1.29, 1.82) is 0 Å². The van der Waals surface area contributed by atoms with Crippen molar-refractivity contribution in [3.63, 3.8) is 0 Å². The Morgan fingerprint density at radius 2 is 2.00 bits per heavy atom. The summed E-state index contributed by atoms with van der Waals surface area (Å²) in [6, 6.07) is 4.00. The molecule has 0 bridgehead atoms. The molecule has 0 radical (unpaired) electrons. The number of hydrogen-bond donors (Lipinski definition) is 1. The highest BCUT2D eigenvalue weighted by molar-refractivity contribution is 6.00. The van der Waals surface area contributed by atoms with Gasteiger partial charge in [0.25, 0.3) is 0 Å². The summed E-state index contributed by atoms with van der Waals surface area (Å²) >= 11 is 0. The predicted molar refractivity (Wildman–Crippen MR) is 110 cm³/mol. The first-order valence-corrected chi connectivity index (χ1v) is 10.5. The molecule has 5 heteroatoms. The predicted octanol–water partition coefficient (Wildman–Crippen LogP) is 3.69. The molecule has 0 spiro atoms. The van der Waals surface area contributed by atoms with Gasteiger partial charge in [0.15, 0.2) is 0 Å². The highest BCUT2D eigenvalue weighted by Gasteiger charge is 2.45. The quantitative estimate of drug-likeness (QED) is 0.778. The second kappa shape index (κ2) is 7.63. The third-order valence-corrected chi connectivity index (χ3v) is 6.69. The number of nitrogens with one attached hydrogen (secondary N) is 1. The summed E-state index contributed by atoms with van der Waals surface area (Å²) in [6.45, 7) is 9.83. The van der Waals surface area contributed by atoms with Gasteiger partial charge in [0.2, 0.25) is 5.91 Å². The van der Waals surface area contributed by atoms with Crippen molar-refractivity contribution < 1.29 is 4.79 Å². The summed E-state index contributed by atoms with van der Waals surface area (Å²) in [5.41, 5.74) is 2.44. The van der Waals surface area contributed by atoms with Crippen LogP contribution in [0, 0.1) is 11.3 Å². The van der Waals surface area contributed by atoms with Crippen LogP contribution in [0.4, 0.5) is 11.5 Å². The first kappa shape index (κ1) is 18.5. The lowest BCUT2D eigenvalue weighted by atomic mass is 9.73. The topological polar surface area (TPSA) is 48.5 Å². The molecular formula is C22H32N4O. The van der Waals surface area contributed by atoms with E-state index in [9.17, 15) is 4.79 Å². The van der Waals surface area contributed by atoms with Crippen LogP contribution in [0.3, 0.4) is 0 Å². The Hall–Kier alpha value is -1.88. The van der Waals surface area contributed by atoms with E-state index in [-0.39, 0.29) is 11.3 Å². The minimum atomic E-state index is -0.00358. The molecule has 1 aromatic heterocycles. The van der Waals surface area contributed by atoms with E-state index in [0.717, 1.165) is 44.2 Å². The second-order valence-electron chi connectivity index (χ2n) is 8.60. The van der Waals surface area contributed by atoms with Crippen molar-refractivity contribution in [3.8, 4) is 0 Å². The Morgan fingerprint density at radius 3 is 2.52 bits per heavy atom. The third kappa shape index (κ3) is 4.18. The maximum Gasteiger partial charge on any atom is 0.248 e. The Labute approximate surface area is 162 Å². The van der Waals surface area contributed by atoms with Gasteiger partial charge in [-0.05, 0) is 55.7 Å². The van der Waals surface area contributed by atoms with Gasteiger partial charge in [0.05, 0.1) is 11.9 Å². The van der Waals surface area contributed by atoms with Gasteiger partial charge in [-0.15, -0.1) is 0 Å². The highest BCUT2D eigenvalue weighted by Crippen LogP contribution is 2.56. The molecule has 1 N–H and O–H groups in total. The number of rotatable bonds is 6. The molecule has 1 aliphatic heterocycles. The largest absolute Gasteiger partial charge is 0.354 e. The normalized spacial score (nSPS) is 23.0. The van der Waals surface area contributed by atoms with Gasteiger partial charge >= 0.3 is 0 Å². The van der Waals surface area contributed by atoms with Crippen molar-refractivity contribution >= 4 is 17.4 Å². The average Bonchev–Trinajstić information content (AvgIpc) is 3.39. The van der Waals surface area contributed by atoms with Crippen LogP contribution < -0.4 is 10.2 Å². The smallest absolute Gasteiger partial charge is 0.248 e. The summed E-state index contributed by atoms with van der Waals surface area (Å²) in [6.07, 6.45) is 9.92.